The first-order valence-corrected chi connectivity index (χ1v) is 35.2. The molecule has 0 aliphatic rings. The van der Waals surface area contributed by atoms with E-state index in [9.17, 15) is 31.1 Å². The van der Waals surface area contributed by atoms with Crippen LogP contribution in [0.2, 0.25) is 10.0 Å². The molecule has 0 unspecified atom stereocenters. The van der Waals surface area contributed by atoms with E-state index in [1.165, 1.54) is 32.3 Å². The van der Waals surface area contributed by atoms with Gasteiger partial charge in [0.05, 0.1) is 65.4 Å². The van der Waals surface area contributed by atoms with Crippen LogP contribution >= 0.6 is 23.2 Å². The van der Waals surface area contributed by atoms with E-state index < -0.39 is 7.12 Å². The van der Waals surface area contributed by atoms with Crippen molar-refractivity contribution in [2.45, 2.75) is 0 Å². The number of aromatic nitrogens is 3. The Morgan fingerprint density at radius 2 is 0.425 bits per heavy atom. The zero-order valence-electron chi connectivity index (χ0n) is 56.7. The lowest BCUT2D eigenvalue weighted by molar-refractivity contribution is 0.426. The van der Waals surface area contributed by atoms with Gasteiger partial charge in [0, 0.05) is 82.8 Å². The molecule has 15 aromatic carbocycles. The molecule has 0 bridgehead atoms. The second kappa shape index (κ2) is 28.9. The molecule has 0 radical (unpaired) electrons. The topological polar surface area (TPSA) is 150 Å². The number of rotatable bonds is 10. The minimum atomic E-state index is -1.44. The van der Waals surface area contributed by atoms with Crippen molar-refractivity contribution in [1.29, 1.82) is 21.0 Å². The number of nitrogens with zero attached hydrogens (tertiary/aromatic N) is 7. The van der Waals surface area contributed by atoms with Gasteiger partial charge in [0.2, 0.25) is 0 Å². The molecule has 3 heterocycles. The van der Waals surface area contributed by atoms with E-state index >= 15 is 0 Å². The summed E-state index contributed by atoms with van der Waals surface area (Å²) in [7, 11) is -1.44. The summed E-state index contributed by atoms with van der Waals surface area (Å²) < 4.78 is 6.78. The number of benzene rings is 15. The zero-order chi connectivity index (χ0) is 72.4. The summed E-state index contributed by atoms with van der Waals surface area (Å²) in [5.41, 5.74) is 20.7. The van der Waals surface area contributed by atoms with Crippen LogP contribution < -0.4 is 5.46 Å². The summed E-state index contributed by atoms with van der Waals surface area (Å²) in [6.07, 6.45) is 0. The van der Waals surface area contributed by atoms with Crippen molar-refractivity contribution >= 4 is 101 Å². The Kier molecular flexibility index (Phi) is 18.2. The lowest BCUT2D eigenvalue weighted by Gasteiger charge is -2.23. The molecular weight excluding hydrogens is 1340 g/mol. The number of nitriles is 4. The molecular formula is C94H58BCl2N7O2. The van der Waals surface area contributed by atoms with Gasteiger partial charge in [-0.05, 0) is 112 Å². The SMILES string of the molecule is N#Cc1c(-c2ccccc2)c(-c2ccc(-n3c4ccccc4c4ccccc43)cc2)c(C#N)c(-c2ccccc2)c1-c1ccc(-n2c3ccccc3c3ccccc32)cc1.N#Cc1c(Cl)c(-c2ccccc2)c(C#N)c(Cl)c1-c1ccccc1.OB(O)c1ccc(-n2c3ccccc3c3ccccc32)cc1. The molecule has 0 spiro atoms. The maximum absolute atomic E-state index is 11.4. The molecule has 106 heavy (non-hydrogen) atoms. The Hall–Kier alpha value is -13.8. The summed E-state index contributed by atoms with van der Waals surface area (Å²) in [5.74, 6) is 0. The summed E-state index contributed by atoms with van der Waals surface area (Å²) in [6, 6.07) is 123. The van der Waals surface area contributed by atoms with Gasteiger partial charge in [0.25, 0.3) is 0 Å². The highest BCUT2D eigenvalue weighted by Gasteiger charge is 2.29. The van der Waals surface area contributed by atoms with E-state index in [0.29, 0.717) is 27.7 Å². The van der Waals surface area contributed by atoms with Crippen LogP contribution in [-0.4, -0.2) is 30.9 Å². The number of hydrogen-bond acceptors (Lipinski definition) is 6. The Bertz CT molecular complexity index is 6110. The van der Waals surface area contributed by atoms with Crippen LogP contribution in [-0.2, 0) is 0 Å². The predicted molar refractivity (Wildman–Crippen MR) is 434 cm³/mol. The third-order valence-electron chi connectivity index (χ3n) is 19.6. The lowest BCUT2D eigenvalue weighted by atomic mass is 9.78. The van der Waals surface area contributed by atoms with Gasteiger partial charge >= 0.3 is 7.12 Å². The first-order valence-electron chi connectivity index (χ1n) is 34.4. The summed E-state index contributed by atoms with van der Waals surface area (Å²) in [6.45, 7) is 0. The molecule has 12 heteroatoms. The molecule has 18 rings (SSSR count). The molecule has 0 saturated carbocycles. The largest absolute Gasteiger partial charge is 0.488 e. The molecule has 0 saturated heterocycles. The minimum Gasteiger partial charge on any atom is -0.423 e. The van der Waals surface area contributed by atoms with Crippen molar-refractivity contribution in [2.75, 3.05) is 0 Å². The maximum Gasteiger partial charge on any atom is 0.488 e. The first-order chi connectivity index (χ1) is 52.2. The van der Waals surface area contributed by atoms with Crippen LogP contribution in [0.1, 0.15) is 22.3 Å². The van der Waals surface area contributed by atoms with Crippen molar-refractivity contribution in [3.8, 4) is 108 Å². The molecule has 0 aliphatic carbocycles. The average Bonchev–Trinajstić information content (AvgIpc) is 1.69. The summed E-state index contributed by atoms with van der Waals surface area (Å²) >= 11 is 13.0. The molecule has 0 amide bonds. The molecule has 2 N–H and O–H groups in total. The fourth-order valence-electron chi connectivity index (χ4n) is 14.9. The predicted octanol–water partition coefficient (Wildman–Crippen LogP) is 22.8. The highest BCUT2D eigenvalue weighted by atomic mass is 35.5. The summed E-state index contributed by atoms with van der Waals surface area (Å²) in [5, 5.41) is 68.2. The smallest absolute Gasteiger partial charge is 0.423 e. The molecule has 0 fully saturated rings. The third kappa shape index (κ3) is 11.8. The van der Waals surface area contributed by atoms with Gasteiger partial charge in [-0.1, -0.05) is 290 Å². The van der Waals surface area contributed by atoms with Crippen molar-refractivity contribution in [3.63, 3.8) is 0 Å². The van der Waals surface area contributed by atoms with Gasteiger partial charge in [0.1, 0.15) is 24.3 Å². The van der Waals surface area contributed by atoms with Gasteiger partial charge < -0.3 is 23.7 Å². The molecule has 18 aromatic rings. The fourth-order valence-corrected chi connectivity index (χ4v) is 15.6. The number of halogens is 2. The van der Waals surface area contributed by atoms with E-state index in [2.05, 4.69) is 208 Å². The van der Waals surface area contributed by atoms with Crippen molar-refractivity contribution in [2.24, 2.45) is 0 Å². The number of para-hydroxylation sites is 6. The fraction of sp³-hybridized carbons (Fsp3) is 0. The first kappa shape index (κ1) is 66.8. The minimum absolute atomic E-state index is 0.239. The molecule has 0 atom stereocenters. The Morgan fingerprint density at radius 3 is 0.651 bits per heavy atom. The summed E-state index contributed by atoms with van der Waals surface area (Å²) in [4.78, 5) is 0. The zero-order valence-corrected chi connectivity index (χ0v) is 58.2. The monoisotopic (exact) mass is 1400 g/mol. The second-order valence-electron chi connectivity index (χ2n) is 25.5. The van der Waals surface area contributed by atoms with E-state index in [0.717, 1.165) is 106 Å². The number of fused-ring (bicyclic) bond motifs is 9. The molecule has 0 aliphatic heterocycles. The van der Waals surface area contributed by atoms with Crippen LogP contribution in [0.3, 0.4) is 0 Å². The van der Waals surface area contributed by atoms with E-state index in [-0.39, 0.29) is 21.2 Å². The van der Waals surface area contributed by atoms with Crippen LogP contribution in [0.4, 0.5) is 0 Å². The second-order valence-corrected chi connectivity index (χ2v) is 26.2. The van der Waals surface area contributed by atoms with Crippen molar-refractivity contribution in [3.05, 3.63) is 372 Å². The normalized spacial score (nSPS) is 11.0. The third-order valence-corrected chi connectivity index (χ3v) is 20.3. The van der Waals surface area contributed by atoms with Gasteiger partial charge in [-0.25, -0.2) is 0 Å². The Morgan fingerprint density at radius 1 is 0.226 bits per heavy atom. The number of hydrogen-bond donors (Lipinski definition) is 2. The lowest BCUT2D eigenvalue weighted by Crippen LogP contribution is -2.29. The average molecular weight is 1400 g/mol. The van der Waals surface area contributed by atoms with Crippen LogP contribution in [0.15, 0.2) is 340 Å². The van der Waals surface area contributed by atoms with Gasteiger partial charge in [-0.15, -0.1) is 0 Å². The van der Waals surface area contributed by atoms with E-state index in [1.54, 1.807) is 12.1 Å². The van der Waals surface area contributed by atoms with Crippen LogP contribution in [0.25, 0.3) is 149 Å². The van der Waals surface area contributed by atoms with Gasteiger partial charge in [-0.3, -0.25) is 0 Å². The Labute approximate surface area is 622 Å². The standard InChI is InChI=1S/C56H34N4.C20H10Cl2N2.C18H14BNO2/c57-35-47-53(37-15-3-1-4-16-37)55(39-27-31-41(32-28-39)59-49-23-11-7-19-43(49)44-20-8-12-24-50(44)59)48(36-58)54(38-17-5-2-6-18-38)56(47)40-29-33-42(34-30-40)60-51-25-13-9-21-45(51)46-22-10-14-26-52(46)60;21-19-16(12-24)18(14-9-5-2-6-10-14)20(22)15(11-23)17(19)13-7-3-1-4-8-13;21-19(22)13-9-11-14(12-10-13)20-17-7-3-1-5-15(17)16-6-2-4-8-18(16)20/h1-34H;1-10H;1-12,21-22H. The van der Waals surface area contributed by atoms with Gasteiger partial charge in [0.15, 0.2) is 0 Å². The molecule has 498 valence electrons. The van der Waals surface area contributed by atoms with E-state index in [1.807, 2.05) is 158 Å². The maximum atomic E-state index is 11.4. The van der Waals surface area contributed by atoms with E-state index in [4.69, 9.17) is 23.2 Å². The van der Waals surface area contributed by atoms with Crippen LogP contribution in [0.5, 0.6) is 0 Å². The van der Waals surface area contributed by atoms with Crippen molar-refractivity contribution < 1.29 is 10.0 Å². The Balaban J connectivity index is 0.000000152. The quantitative estimate of drug-likeness (QED) is 0.130. The highest BCUT2D eigenvalue weighted by molar-refractivity contribution is 6.58. The van der Waals surface area contributed by atoms with Crippen LogP contribution in [0, 0.1) is 45.3 Å². The highest BCUT2D eigenvalue weighted by Crippen LogP contribution is 2.50. The van der Waals surface area contributed by atoms with Gasteiger partial charge in [-0.2, -0.15) is 21.0 Å². The molecule has 3 aromatic heterocycles. The molecule has 9 nitrogen and oxygen atoms in total. The van der Waals surface area contributed by atoms with Crippen molar-refractivity contribution in [1.82, 2.24) is 13.7 Å².